The molecule has 0 aromatic carbocycles. The highest BCUT2D eigenvalue weighted by Gasteiger charge is 2.32. The Balaban J connectivity index is 1.58. The molecule has 0 spiro atoms. The van der Waals surface area contributed by atoms with Crippen LogP contribution in [0.2, 0.25) is 0 Å². The molecule has 0 saturated carbocycles. The maximum Gasteiger partial charge on any atom is 0.163 e. The van der Waals surface area contributed by atoms with Crippen LogP contribution in [0.4, 0.5) is 0 Å². The Labute approximate surface area is 98.1 Å². The summed E-state index contributed by atoms with van der Waals surface area (Å²) < 4.78 is 11.3. The fraction of sp³-hybridized carbons (Fsp3) is 1.00. The van der Waals surface area contributed by atoms with Gasteiger partial charge in [0.15, 0.2) is 5.79 Å². The summed E-state index contributed by atoms with van der Waals surface area (Å²) in [5, 5.41) is 6.92. The Morgan fingerprint density at radius 1 is 1.38 bits per heavy atom. The van der Waals surface area contributed by atoms with Gasteiger partial charge in [-0.1, -0.05) is 0 Å². The first-order valence-electron chi connectivity index (χ1n) is 6.39. The average molecular weight is 228 g/mol. The van der Waals surface area contributed by atoms with Crippen molar-refractivity contribution in [3.05, 3.63) is 0 Å². The van der Waals surface area contributed by atoms with Crippen molar-refractivity contribution in [2.75, 3.05) is 32.8 Å². The van der Waals surface area contributed by atoms with Gasteiger partial charge in [0, 0.05) is 6.54 Å². The standard InChI is InChI=1S/C12H24N2O2/c1-12(2)15-9-11(16-12)8-14-7-10-4-3-5-13-6-10/h10-11,13-14H,3-9H2,1-2H3. The van der Waals surface area contributed by atoms with Gasteiger partial charge in [0.05, 0.1) is 12.7 Å². The van der Waals surface area contributed by atoms with Crippen LogP contribution < -0.4 is 10.6 Å². The van der Waals surface area contributed by atoms with Gasteiger partial charge in [0.1, 0.15) is 0 Å². The van der Waals surface area contributed by atoms with Gasteiger partial charge < -0.3 is 20.1 Å². The van der Waals surface area contributed by atoms with Crippen molar-refractivity contribution in [1.82, 2.24) is 10.6 Å². The third-order valence-corrected chi connectivity index (χ3v) is 3.27. The van der Waals surface area contributed by atoms with E-state index in [2.05, 4.69) is 10.6 Å². The number of ether oxygens (including phenoxy) is 2. The van der Waals surface area contributed by atoms with Gasteiger partial charge >= 0.3 is 0 Å². The van der Waals surface area contributed by atoms with Gasteiger partial charge in [0.25, 0.3) is 0 Å². The highest BCUT2D eigenvalue weighted by atomic mass is 16.7. The first-order chi connectivity index (χ1) is 7.66. The number of nitrogens with one attached hydrogen (secondary N) is 2. The van der Waals surface area contributed by atoms with Crippen molar-refractivity contribution in [2.45, 2.75) is 38.6 Å². The number of hydrogen-bond acceptors (Lipinski definition) is 4. The van der Waals surface area contributed by atoms with E-state index in [1.165, 1.54) is 19.4 Å². The molecule has 94 valence electrons. The maximum atomic E-state index is 5.74. The zero-order valence-corrected chi connectivity index (χ0v) is 10.4. The minimum atomic E-state index is -0.390. The summed E-state index contributed by atoms with van der Waals surface area (Å²) in [6, 6.07) is 0. The molecule has 2 heterocycles. The first-order valence-corrected chi connectivity index (χ1v) is 6.39. The summed E-state index contributed by atoms with van der Waals surface area (Å²) in [5.74, 6) is 0.391. The Hall–Kier alpha value is -0.160. The van der Waals surface area contributed by atoms with E-state index in [4.69, 9.17) is 9.47 Å². The molecule has 4 heteroatoms. The molecule has 2 unspecified atom stereocenters. The van der Waals surface area contributed by atoms with Crippen molar-refractivity contribution in [3.8, 4) is 0 Å². The van der Waals surface area contributed by atoms with Crippen LogP contribution in [0.3, 0.4) is 0 Å². The van der Waals surface area contributed by atoms with E-state index in [0.29, 0.717) is 6.61 Å². The fourth-order valence-electron chi connectivity index (χ4n) is 2.41. The lowest BCUT2D eigenvalue weighted by Gasteiger charge is -2.23. The van der Waals surface area contributed by atoms with Gasteiger partial charge in [-0.2, -0.15) is 0 Å². The molecule has 2 aliphatic rings. The van der Waals surface area contributed by atoms with Crippen molar-refractivity contribution >= 4 is 0 Å². The quantitative estimate of drug-likeness (QED) is 0.744. The van der Waals surface area contributed by atoms with Crippen LogP contribution in [0.5, 0.6) is 0 Å². The molecule has 2 rings (SSSR count). The first kappa shape index (κ1) is 12.3. The van der Waals surface area contributed by atoms with Crippen molar-refractivity contribution in [1.29, 1.82) is 0 Å². The van der Waals surface area contributed by atoms with Crippen LogP contribution in [0.15, 0.2) is 0 Å². The molecule has 0 aromatic rings. The molecule has 0 radical (unpaired) electrons. The Morgan fingerprint density at radius 3 is 2.88 bits per heavy atom. The van der Waals surface area contributed by atoms with E-state index in [-0.39, 0.29) is 6.10 Å². The molecule has 2 atom stereocenters. The molecule has 0 amide bonds. The van der Waals surface area contributed by atoms with Crippen LogP contribution in [-0.4, -0.2) is 44.7 Å². The van der Waals surface area contributed by atoms with E-state index in [1.54, 1.807) is 0 Å². The van der Waals surface area contributed by atoms with Crippen LogP contribution in [0.25, 0.3) is 0 Å². The SMILES string of the molecule is CC1(C)OCC(CNCC2CCCNC2)O1. The molecule has 0 aliphatic carbocycles. The number of hydrogen-bond donors (Lipinski definition) is 2. The molecule has 0 bridgehead atoms. The lowest BCUT2D eigenvalue weighted by atomic mass is 10.00. The minimum absolute atomic E-state index is 0.214. The predicted octanol–water partition coefficient (Wildman–Crippen LogP) is 0.727. The molecule has 16 heavy (non-hydrogen) atoms. The van der Waals surface area contributed by atoms with Crippen LogP contribution >= 0.6 is 0 Å². The topological polar surface area (TPSA) is 42.5 Å². The molecular weight excluding hydrogens is 204 g/mol. The van der Waals surface area contributed by atoms with E-state index >= 15 is 0 Å². The Bertz CT molecular complexity index is 215. The minimum Gasteiger partial charge on any atom is -0.348 e. The molecular formula is C12H24N2O2. The van der Waals surface area contributed by atoms with E-state index in [1.807, 2.05) is 13.8 Å². The largest absolute Gasteiger partial charge is 0.348 e. The lowest BCUT2D eigenvalue weighted by Crippen LogP contribution is -2.39. The molecule has 0 aromatic heterocycles. The number of rotatable bonds is 4. The smallest absolute Gasteiger partial charge is 0.163 e. The summed E-state index contributed by atoms with van der Waals surface area (Å²) in [5.41, 5.74) is 0. The van der Waals surface area contributed by atoms with E-state index < -0.39 is 5.79 Å². The lowest BCUT2D eigenvalue weighted by molar-refractivity contribution is -0.137. The molecule has 2 saturated heterocycles. The van der Waals surface area contributed by atoms with Crippen LogP contribution in [-0.2, 0) is 9.47 Å². The number of piperidine rings is 1. The van der Waals surface area contributed by atoms with Crippen molar-refractivity contribution in [3.63, 3.8) is 0 Å². The van der Waals surface area contributed by atoms with Gasteiger partial charge in [-0.25, -0.2) is 0 Å². The molecule has 4 nitrogen and oxygen atoms in total. The predicted molar refractivity (Wildman–Crippen MR) is 63.4 cm³/mol. The summed E-state index contributed by atoms with van der Waals surface area (Å²) in [4.78, 5) is 0. The van der Waals surface area contributed by atoms with Crippen molar-refractivity contribution in [2.24, 2.45) is 5.92 Å². The third-order valence-electron chi connectivity index (χ3n) is 3.27. The van der Waals surface area contributed by atoms with E-state index in [9.17, 15) is 0 Å². The summed E-state index contributed by atoms with van der Waals surface area (Å²) >= 11 is 0. The monoisotopic (exact) mass is 228 g/mol. The maximum absolute atomic E-state index is 5.74. The summed E-state index contributed by atoms with van der Waals surface area (Å²) in [6.07, 6.45) is 2.86. The Kier molecular flexibility index (Phi) is 4.19. The van der Waals surface area contributed by atoms with Crippen LogP contribution in [0, 0.1) is 5.92 Å². The highest BCUT2D eigenvalue weighted by molar-refractivity contribution is 4.75. The molecule has 2 fully saturated rings. The Morgan fingerprint density at radius 2 is 2.25 bits per heavy atom. The van der Waals surface area contributed by atoms with Gasteiger partial charge in [-0.3, -0.25) is 0 Å². The summed E-state index contributed by atoms with van der Waals surface area (Å²) in [6.45, 7) is 8.98. The van der Waals surface area contributed by atoms with Gasteiger partial charge in [-0.15, -0.1) is 0 Å². The second kappa shape index (κ2) is 5.45. The third kappa shape index (κ3) is 3.70. The zero-order chi connectivity index (χ0) is 11.4. The van der Waals surface area contributed by atoms with Gasteiger partial charge in [0.2, 0.25) is 0 Å². The highest BCUT2D eigenvalue weighted by Crippen LogP contribution is 2.21. The normalized spacial score (nSPS) is 34.1. The summed E-state index contributed by atoms with van der Waals surface area (Å²) in [7, 11) is 0. The van der Waals surface area contributed by atoms with Crippen molar-refractivity contribution < 1.29 is 9.47 Å². The average Bonchev–Trinajstić information content (AvgIpc) is 2.60. The van der Waals surface area contributed by atoms with Gasteiger partial charge in [-0.05, 0) is 52.2 Å². The fourth-order valence-corrected chi connectivity index (χ4v) is 2.41. The second-order valence-corrected chi connectivity index (χ2v) is 5.32. The van der Waals surface area contributed by atoms with E-state index in [0.717, 1.165) is 25.6 Å². The second-order valence-electron chi connectivity index (χ2n) is 5.32. The molecule has 2 aliphatic heterocycles. The molecule has 2 N–H and O–H groups in total. The van der Waals surface area contributed by atoms with Crippen LogP contribution in [0.1, 0.15) is 26.7 Å². The zero-order valence-electron chi connectivity index (χ0n) is 10.4.